The summed E-state index contributed by atoms with van der Waals surface area (Å²) in [5.41, 5.74) is -0.109. The van der Waals surface area contributed by atoms with Crippen LogP contribution in [0.1, 0.15) is 13.8 Å². The average molecular weight is 277 g/mol. The lowest BCUT2D eigenvalue weighted by molar-refractivity contribution is -0.147. The second kappa shape index (κ2) is 5.90. The van der Waals surface area contributed by atoms with Gasteiger partial charge in [-0.25, -0.2) is 0 Å². The number of nitrogens with one attached hydrogen (secondary N) is 1. The van der Waals surface area contributed by atoms with Gasteiger partial charge in [0.25, 0.3) is 5.56 Å². The minimum atomic E-state index is -0.462. The summed E-state index contributed by atoms with van der Waals surface area (Å²) < 4.78 is 1.54. The molecule has 1 saturated heterocycles. The van der Waals surface area contributed by atoms with E-state index in [-0.39, 0.29) is 29.8 Å². The number of aromatic nitrogens is 1. The Kier molecular flexibility index (Phi) is 4.22. The quantitative estimate of drug-likeness (QED) is 0.830. The first kappa shape index (κ1) is 14.3. The SMILES string of the molecule is CC(C)C1C(=O)NCC(=O)N1CCn1ccccc1=O. The number of hydrogen-bond donors (Lipinski definition) is 1. The summed E-state index contributed by atoms with van der Waals surface area (Å²) in [6.07, 6.45) is 1.68. The Morgan fingerprint density at radius 1 is 1.25 bits per heavy atom. The zero-order valence-electron chi connectivity index (χ0n) is 11.7. The summed E-state index contributed by atoms with van der Waals surface area (Å²) in [5.74, 6) is -0.195. The third kappa shape index (κ3) is 2.89. The zero-order valence-corrected chi connectivity index (χ0v) is 11.7. The van der Waals surface area contributed by atoms with Crippen molar-refractivity contribution in [3.05, 3.63) is 34.7 Å². The molecule has 20 heavy (non-hydrogen) atoms. The Balaban J connectivity index is 2.13. The lowest BCUT2D eigenvalue weighted by Gasteiger charge is -2.37. The average Bonchev–Trinajstić information content (AvgIpc) is 2.40. The van der Waals surface area contributed by atoms with Gasteiger partial charge in [-0.3, -0.25) is 14.4 Å². The van der Waals surface area contributed by atoms with Crippen molar-refractivity contribution in [1.29, 1.82) is 0 Å². The summed E-state index contributed by atoms with van der Waals surface area (Å²) >= 11 is 0. The number of piperazine rings is 1. The van der Waals surface area contributed by atoms with Gasteiger partial charge in [0.15, 0.2) is 0 Å². The highest BCUT2D eigenvalue weighted by Gasteiger charge is 2.36. The third-order valence-corrected chi connectivity index (χ3v) is 3.45. The van der Waals surface area contributed by atoms with Crippen molar-refractivity contribution >= 4 is 11.8 Å². The highest BCUT2D eigenvalue weighted by Crippen LogP contribution is 2.14. The fraction of sp³-hybridized carbons (Fsp3) is 0.500. The maximum absolute atomic E-state index is 12.0. The van der Waals surface area contributed by atoms with E-state index < -0.39 is 6.04 Å². The van der Waals surface area contributed by atoms with E-state index >= 15 is 0 Å². The van der Waals surface area contributed by atoms with Crippen LogP contribution in [0.2, 0.25) is 0 Å². The van der Waals surface area contributed by atoms with Gasteiger partial charge in [0.05, 0.1) is 6.54 Å². The molecule has 0 aromatic carbocycles. The van der Waals surface area contributed by atoms with Crippen LogP contribution < -0.4 is 10.9 Å². The summed E-state index contributed by atoms with van der Waals surface area (Å²) in [4.78, 5) is 37.1. The molecule has 0 radical (unpaired) electrons. The van der Waals surface area contributed by atoms with Crippen LogP contribution in [0.3, 0.4) is 0 Å². The van der Waals surface area contributed by atoms with Gasteiger partial charge in [0.2, 0.25) is 11.8 Å². The summed E-state index contributed by atoms with van der Waals surface area (Å²) in [6.45, 7) is 4.60. The Morgan fingerprint density at radius 2 is 2.00 bits per heavy atom. The fourth-order valence-electron chi connectivity index (χ4n) is 2.45. The van der Waals surface area contributed by atoms with Crippen LogP contribution in [-0.4, -0.2) is 40.4 Å². The monoisotopic (exact) mass is 277 g/mol. The van der Waals surface area contributed by atoms with Crippen molar-refractivity contribution in [1.82, 2.24) is 14.8 Å². The van der Waals surface area contributed by atoms with Gasteiger partial charge in [-0.2, -0.15) is 0 Å². The normalized spacial score (nSPS) is 19.4. The molecule has 0 bridgehead atoms. The lowest BCUT2D eigenvalue weighted by atomic mass is 9.99. The third-order valence-electron chi connectivity index (χ3n) is 3.45. The van der Waals surface area contributed by atoms with Crippen molar-refractivity contribution in [2.45, 2.75) is 26.4 Å². The number of carbonyl (C=O) groups excluding carboxylic acids is 2. The van der Waals surface area contributed by atoms with Crippen molar-refractivity contribution in [2.75, 3.05) is 13.1 Å². The minimum absolute atomic E-state index is 0.0335. The molecule has 1 aliphatic rings. The lowest BCUT2D eigenvalue weighted by Crippen LogP contribution is -2.60. The van der Waals surface area contributed by atoms with Crippen LogP contribution in [0.4, 0.5) is 0 Å². The van der Waals surface area contributed by atoms with Gasteiger partial charge < -0.3 is 14.8 Å². The van der Waals surface area contributed by atoms with Crippen molar-refractivity contribution in [3.8, 4) is 0 Å². The topological polar surface area (TPSA) is 71.4 Å². The molecule has 2 amide bonds. The first-order valence-electron chi connectivity index (χ1n) is 6.73. The standard InChI is InChI=1S/C14H19N3O3/c1-10(2)13-14(20)15-9-12(19)17(13)8-7-16-6-4-3-5-11(16)18/h3-6,10,13H,7-9H2,1-2H3,(H,15,20). The molecule has 6 heteroatoms. The fourth-order valence-corrected chi connectivity index (χ4v) is 2.45. The first-order valence-corrected chi connectivity index (χ1v) is 6.73. The molecular weight excluding hydrogens is 258 g/mol. The molecule has 1 unspecified atom stereocenters. The van der Waals surface area contributed by atoms with E-state index in [0.29, 0.717) is 13.1 Å². The zero-order chi connectivity index (χ0) is 14.7. The highest BCUT2D eigenvalue weighted by atomic mass is 16.2. The van der Waals surface area contributed by atoms with Gasteiger partial charge >= 0.3 is 0 Å². The Bertz CT molecular complexity index is 565. The Hall–Kier alpha value is -2.11. The molecular formula is C14H19N3O3. The highest BCUT2D eigenvalue weighted by molar-refractivity contribution is 5.94. The van der Waals surface area contributed by atoms with Crippen LogP contribution in [0.25, 0.3) is 0 Å². The molecule has 0 aliphatic carbocycles. The summed E-state index contributed by atoms with van der Waals surface area (Å²) in [6, 6.07) is 4.46. The van der Waals surface area contributed by atoms with E-state index in [1.54, 1.807) is 23.2 Å². The predicted molar refractivity (Wildman–Crippen MR) is 74.1 cm³/mol. The van der Waals surface area contributed by atoms with E-state index in [2.05, 4.69) is 5.32 Å². The number of amides is 2. The molecule has 1 fully saturated rings. The van der Waals surface area contributed by atoms with E-state index in [0.717, 1.165) is 0 Å². The number of hydrogen-bond acceptors (Lipinski definition) is 3. The second-order valence-corrected chi connectivity index (χ2v) is 5.23. The smallest absolute Gasteiger partial charge is 0.250 e. The van der Waals surface area contributed by atoms with Crippen LogP contribution >= 0.6 is 0 Å². The number of nitrogens with zero attached hydrogens (tertiary/aromatic N) is 2. The molecule has 108 valence electrons. The molecule has 2 rings (SSSR count). The van der Waals surface area contributed by atoms with E-state index in [9.17, 15) is 14.4 Å². The minimum Gasteiger partial charge on any atom is -0.345 e. The molecule has 1 atom stereocenters. The molecule has 1 aromatic rings. The van der Waals surface area contributed by atoms with Crippen LogP contribution in [-0.2, 0) is 16.1 Å². The van der Waals surface area contributed by atoms with Gasteiger partial charge in [-0.05, 0) is 12.0 Å². The van der Waals surface area contributed by atoms with Gasteiger partial charge in [0.1, 0.15) is 6.04 Å². The van der Waals surface area contributed by atoms with E-state index in [1.165, 1.54) is 10.6 Å². The largest absolute Gasteiger partial charge is 0.345 e. The first-order chi connectivity index (χ1) is 9.50. The Labute approximate surface area is 117 Å². The number of pyridine rings is 1. The maximum Gasteiger partial charge on any atom is 0.250 e. The van der Waals surface area contributed by atoms with Crippen molar-refractivity contribution < 1.29 is 9.59 Å². The van der Waals surface area contributed by atoms with Gasteiger partial charge in [-0.1, -0.05) is 19.9 Å². The van der Waals surface area contributed by atoms with Gasteiger partial charge in [-0.15, -0.1) is 0 Å². The second-order valence-electron chi connectivity index (χ2n) is 5.23. The maximum atomic E-state index is 12.0. The molecule has 1 aliphatic heterocycles. The van der Waals surface area contributed by atoms with Crippen molar-refractivity contribution in [2.24, 2.45) is 5.92 Å². The molecule has 6 nitrogen and oxygen atoms in total. The van der Waals surface area contributed by atoms with Gasteiger partial charge in [0, 0.05) is 25.4 Å². The Morgan fingerprint density at radius 3 is 2.65 bits per heavy atom. The molecule has 1 N–H and O–H groups in total. The molecule has 0 spiro atoms. The van der Waals surface area contributed by atoms with Crippen molar-refractivity contribution in [3.63, 3.8) is 0 Å². The summed E-state index contributed by atoms with van der Waals surface area (Å²) in [5, 5.41) is 2.60. The molecule has 2 heterocycles. The van der Waals surface area contributed by atoms with Crippen LogP contribution in [0, 0.1) is 5.92 Å². The van der Waals surface area contributed by atoms with E-state index in [4.69, 9.17) is 0 Å². The predicted octanol–water partition coefficient (Wildman–Crippen LogP) is -0.169. The molecule has 0 saturated carbocycles. The van der Waals surface area contributed by atoms with Crippen LogP contribution in [0.15, 0.2) is 29.2 Å². The van der Waals surface area contributed by atoms with Crippen LogP contribution in [0.5, 0.6) is 0 Å². The number of rotatable bonds is 4. The van der Waals surface area contributed by atoms with E-state index in [1.807, 2.05) is 13.8 Å². The molecule has 1 aromatic heterocycles. The number of carbonyl (C=O) groups is 2. The summed E-state index contributed by atoms with van der Waals surface area (Å²) in [7, 11) is 0.